The molecule has 1 aromatic heterocycles. The number of ether oxygens (including phenoxy) is 2. The first kappa shape index (κ1) is 20.3. The third-order valence-corrected chi connectivity index (χ3v) is 6.22. The van der Waals surface area contributed by atoms with Crippen molar-refractivity contribution < 1.29 is 19.1 Å². The summed E-state index contributed by atoms with van der Waals surface area (Å²) in [7, 11) is 0. The lowest BCUT2D eigenvalue weighted by Crippen LogP contribution is -2.48. The number of hydrogen-bond acceptors (Lipinski definition) is 6. The van der Waals surface area contributed by atoms with Gasteiger partial charge in [0.15, 0.2) is 0 Å². The summed E-state index contributed by atoms with van der Waals surface area (Å²) in [5.74, 6) is -0.404. The normalized spacial score (nSPS) is 23.4. The fourth-order valence-corrected chi connectivity index (χ4v) is 5.33. The number of aryl methyl sites for hydroxylation is 1. The number of carbonyl (C=O) groups is 2. The molecule has 1 aromatic rings. The van der Waals surface area contributed by atoms with Crippen LogP contribution in [-0.2, 0) is 27.1 Å². The molecular formula is C20H30N2O4S. The minimum Gasteiger partial charge on any atom is -0.462 e. The van der Waals surface area contributed by atoms with Gasteiger partial charge in [-0.15, -0.1) is 11.3 Å². The molecule has 27 heavy (non-hydrogen) atoms. The highest BCUT2D eigenvalue weighted by molar-refractivity contribution is 7.17. The molecule has 0 spiro atoms. The molecule has 0 unspecified atom stereocenters. The molecule has 1 aliphatic heterocycles. The number of thiophene rings is 1. The molecule has 0 saturated carbocycles. The van der Waals surface area contributed by atoms with Crippen LogP contribution in [0.4, 0.5) is 5.00 Å². The second kappa shape index (κ2) is 9.17. The van der Waals surface area contributed by atoms with Gasteiger partial charge in [-0.05, 0) is 52.0 Å². The number of amides is 1. The van der Waals surface area contributed by atoms with Crippen LogP contribution in [0.2, 0.25) is 0 Å². The fraction of sp³-hybridized carbons (Fsp3) is 0.700. The van der Waals surface area contributed by atoms with Gasteiger partial charge in [0.05, 0.1) is 30.9 Å². The number of morpholine rings is 1. The van der Waals surface area contributed by atoms with E-state index in [1.807, 2.05) is 20.8 Å². The van der Waals surface area contributed by atoms with E-state index in [0.29, 0.717) is 23.7 Å². The Kier molecular flexibility index (Phi) is 6.89. The highest BCUT2D eigenvalue weighted by atomic mass is 32.1. The predicted molar refractivity (Wildman–Crippen MR) is 107 cm³/mol. The number of esters is 1. The first-order valence-corrected chi connectivity index (χ1v) is 10.8. The lowest BCUT2D eigenvalue weighted by molar-refractivity contribution is -0.121. The van der Waals surface area contributed by atoms with Crippen molar-refractivity contribution in [2.24, 2.45) is 0 Å². The van der Waals surface area contributed by atoms with E-state index in [1.165, 1.54) is 11.3 Å². The van der Waals surface area contributed by atoms with E-state index < -0.39 is 0 Å². The number of nitrogens with one attached hydrogen (secondary N) is 1. The number of nitrogens with zero attached hydrogens (tertiary/aromatic N) is 1. The van der Waals surface area contributed by atoms with Crippen LogP contribution in [0, 0.1) is 0 Å². The van der Waals surface area contributed by atoms with Crippen molar-refractivity contribution >= 4 is 28.2 Å². The summed E-state index contributed by atoms with van der Waals surface area (Å²) in [6.45, 7) is 7.98. The number of anilines is 1. The Balaban J connectivity index is 1.75. The number of hydrogen-bond donors (Lipinski definition) is 1. The van der Waals surface area contributed by atoms with Crippen molar-refractivity contribution in [3.63, 3.8) is 0 Å². The van der Waals surface area contributed by atoms with Gasteiger partial charge in [0.1, 0.15) is 5.00 Å². The van der Waals surface area contributed by atoms with Crippen LogP contribution >= 0.6 is 11.3 Å². The van der Waals surface area contributed by atoms with Gasteiger partial charge < -0.3 is 14.8 Å². The van der Waals surface area contributed by atoms with Crippen LogP contribution in [0.25, 0.3) is 0 Å². The number of rotatable bonds is 5. The third-order valence-electron chi connectivity index (χ3n) is 5.02. The van der Waals surface area contributed by atoms with Crippen LogP contribution in [0.5, 0.6) is 0 Å². The van der Waals surface area contributed by atoms with Crippen molar-refractivity contribution in [3.05, 3.63) is 16.0 Å². The zero-order chi connectivity index (χ0) is 19.4. The number of fused-ring (bicyclic) bond motifs is 1. The molecule has 0 radical (unpaired) electrons. The summed E-state index contributed by atoms with van der Waals surface area (Å²) in [5.41, 5.74) is 1.66. The highest BCUT2D eigenvalue weighted by Crippen LogP contribution is 2.38. The Morgan fingerprint density at radius 3 is 2.59 bits per heavy atom. The number of carbonyl (C=O) groups excluding carboxylic acids is 2. The van der Waals surface area contributed by atoms with Gasteiger partial charge in [0.2, 0.25) is 5.91 Å². The van der Waals surface area contributed by atoms with Crippen molar-refractivity contribution in [1.82, 2.24) is 4.90 Å². The van der Waals surface area contributed by atoms with E-state index in [-0.39, 0.29) is 24.1 Å². The molecule has 0 aromatic carbocycles. The molecular weight excluding hydrogens is 364 g/mol. The summed E-state index contributed by atoms with van der Waals surface area (Å²) in [4.78, 5) is 28.6. The van der Waals surface area contributed by atoms with Crippen LogP contribution in [-0.4, -0.2) is 55.2 Å². The highest BCUT2D eigenvalue weighted by Gasteiger charge is 2.28. The molecule has 150 valence electrons. The Bertz CT molecular complexity index is 678. The van der Waals surface area contributed by atoms with Gasteiger partial charge in [0.25, 0.3) is 0 Å². The Morgan fingerprint density at radius 2 is 1.89 bits per heavy atom. The van der Waals surface area contributed by atoms with Gasteiger partial charge in [-0.2, -0.15) is 0 Å². The second-order valence-corrected chi connectivity index (χ2v) is 8.59. The van der Waals surface area contributed by atoms with E-state index in [4.69, 9.17) is 9.47 Å². The van der Waals surface area contributed by atoms with Crippen LogP contribution in [0.15, 0.2) is 0 Å². The Labute approximate surface area is 165 Å². The van der Waals surface area contributed by atoms with Crippen molar-refractivity contribution in [2.45, 2.75) is 65.1 Å². The lowest BCUT2D eigenvalue weighted by Gasteiger charge is -2.34. The van der Waals surface area contributed by atoms with E-state index in [2.05, 4.69) is 10.2 Å². The zero-order valence-electron chi connectivity index (χ0n) is 16.5. The Hall–Kier alpha value is -1.44. The van der Waals surface area contributed by atoms with Gasteiger partial charge >= 0.3 is 5.97 Å². The maximum atomic E-state index is 12.7. The average Bonchev–Trinajstić information content (AvgIpc) is 2.75. The average molecular weight is 395 g/mol. The summed E-state index contributed by atoms with van der Waals surface area (Å²) < 4.78 is 11.0. The van der Waals surface area contributed by atoms with Gasteiger partial charge in [0, 0.05) is 18.0 Å². The summed E-state index contributed by atoms with van der Waals surface area (Å²) in [5, 5.41) is 3.65. The molecule has 7 heteroatoms. The van der Waals surface area contributed by atoms with Crippen molar-refractivity contribution in [2.75, 3.05) is 31.6 Å². The molecule has 1 fully saturated rings. The zero-order valence-corrected chi connectivity index (χ0v) is 17.3. The molecule has 2 heterocycles. The molecule has 3 rings (SSSR count). The van der Waals surface area contributed by atoms with Crippen molar-refractivity contribution in [3.8, 4) is 0 Å². The largest absolute Gasteiger partial charge is 0.462 e. The summed E-state index contributed by atoms with van der Waals surface area (Å²) >= 11 is 1.54. The van der Waals surface area contributed by atoms with Crippen molar-refractivity contribution in [1.29, 1.82) is 0 Å². The molecule has 2 aliphatic rings. The maximum absolute atomic E-state index is 12.7. The predicted octanol–water partition coefficient (Wildman–Crippen LogP) is 3.24. The molecule has 1 amide bonds. The molecule has 2 atom stereocenters. The fourth-order valence-electron chi connectivity index (χ4n) is 4.03. The van der Waals surface area contributed by atoms with E-state index in [9.17, 15) is 9.59 Å². The molecule has 0 bridgehead atoms. The Morgan fingerprint density at radius 1 is 1.19 bits per heavy atom. The third kappa shape index (κ3) is 5.09. The quantitative estimate of drug-likeness (QED) is 0.613. The standard InChI is InChI=1S/C20H30N2O4S/c1-4-25-20(24)18-15-8-6-5-7-9-16(15)27-19(18)21-17(23)12-22-10-13(2)26-14(3)11-22/h13-14H,4-12H2,1-3H3,(H,21,23)/t13-,14-/m1/s1. The molecule has 1 aliphatic carbocycles. The van der Waals surface area contributed by atoms with Crippen LogP contribution < -0.4 is 5.32 Å². The maximum Gasteiger partial charge on any atom is 0.341 e. The topological polar surface area (TPSA) is 67.9 Å². The first-order valence-electron chi connectivity index (χ1n) is 9.97. The smallest absolute Gasteiger partial charge is 0.341 e. The van der Waals surface area contributed by atoms with Gasteiger partial charge in [-0.25, -0.2) is 4.79 Å². The van der Waals surface area contributed by atoms with E-state index >= 15 is 0 Å². The first-order chi connectivity index (χ1) is 13.0. The summed E-state index contributed by atoms with van der Waals surface area (Å²) in [6.07, 6.45) is 5.48. The molecule has 6 nitrogen and oxygen atoms in total. The minimum absolute atomic E-state index is 0.0849. The summed E-state index contributed by atoms with van der Waals surface area (Å²) in [6, 6.07) is 0. The van der Waals surface area contributed by atoms with E-state index in [0.717, 1.165) is 44.3 Å². The van der Waals surface area contributed by atoms with Crippen LogP contribution in [0.3, 0.4) is 0 Å². The van der Waals surface area contributed by atoms with Gasteiger partial charge in [-0.3, -0.25) is 9.69 Å². The van der Waals surface area contributed by atoms with Gasteiger partial charge in [-0.1, -0.05) is 6.42 Å². The van der Waals surface area contributed by atoms with E-state index in [1.54, 1.807) is 11.3 Å². The monoisotopic (exact) mass is 394 g/mol. The SMILES string of the molecule is CCOC(=O)c1c(NC(=O)CN2C[C@@H](C)O[C@H](C)C2)sc2c1CCCCC2. The molecule has 1 saturated heterocycles. The lowest BCUT2D eigenvalue weighted by atomic mass is 10.1. The molecule has 1 N–H and O–H groups in total. The minimum atomic E-state index is -0.319. The second-order valence-electron chi connectivity index (χ2n) is 7.49. The van der Waals surface area contributed by atoms with Crippen LogP contribution in [0.1, 0.15) is 60.8 Å².